The van der Waals surface area contributed by atoms with Crippen molar-refractivity contribution >= 4 is 11.6 Å². The van der Waals surface area contributed by atoms with Gasteiger partial charge in [0.15, 0.2) is 0 Å². The number of hydrogen-bond acceptors (Lipinski definition) is 2. The van der Waals surface area contributed by atoms with Gasteiger partial charge in [-0.1, -0.05) is 11.6 Å². The number of nitrogens with one attached hydrogen (secondary N) is 1. The highest BCUT2D eigenvalue weighted by molar-refractivity contribution is 6.22. The Balaban J connectivity index is 2.03. The van der Waals surface area contributed by atoms with Crippen LogP contribution in [0.1, 0.15) is 19.3 Å². The number of rotatable bonds is 2. The largest absolute Gasteiger partial charge is 0.459 e. The van der Waals surface area contributed by atoms with Crippen LogP contribution in [0.2, 0.25) is 0 Å². The maximum absolute atomic E-state index is 12.7. The Morgan fingerprint density at radius 2 is 2.00 bits per heavy atom. The summed E-state index contributed by atoms with van der Waals surface area (Å²) in [5, 5.41) is 2.28. The predicted octanol–water partition coefficient (Wildman–Crippen LogP) is 2.87. The molecule has 1 fully saturated rings. The van der Waals surface area contributed by atoms with Crippen molar-refractivity contribution < 1.29 is 9.13 Å². The third-order valence-electron chi connectivity index (χ3n) is 2.41. The molecule has 0 radical (unpaired) electrons. The first-order valence-electron chi connectivity index (χ1n) is 5.06. The molecular formula is C11H13ClFNO. The Labute approximate surface area is 93.4 Å². The van der Waals surface area contributed by atoms with Gasteiger partial charge in [0.05, 0.1) is 0 Å². The van der Waals surface area contributed by atoms with Crippen molar-refractivity contribution in [1.82, 2.24) is 5.32 Å². The van der Waals surface area contributed by atoms with Crippen molar-refractivity contribution in [1.29, 1.82) is 0 Å². The second-order valence-corrected chi connectivity index (χ2v) is 4.28. The van der Waals surface area contributed by atoms with Crippen LogP contribution in [0.4, 0.5) is 4.39 Å². The third kappa shape index (κ3) is 2.83. The van der Waals surface area contributed by atoms with Gasteiger partial charge in [-0.15, -0.1) is 0 Å². The minimum absolute atomic E-state index is 0.275. The zero-order valence-corrected chi connectivity index (χ0v) is 9.06. The molecule has 1 aliphatic heterocycles. The number of alkyl halides is 1. The van der Waals surface area contributed by atoms with Gasteiger partial charge in [0.1, 0.15) is 11.6 Å². The van der Waals surface area contributed by atoms with Gasteiger partial charge in [-0.25, -0.2) is 4.39 Å². The van der Waals surface area contributed by atoms with Gasteiger partial charge >= 0.3 is 0 Å². The Bertz CT molecular complexity index is 322. The maximum atomic E-state index is 12.7. The smallest absolute Gasteiger partial charge is 0.238 e. The molecule has 1 aromatic rings. The van der Waals surface area contributed by atoms with Crippen molar-refractivity contribution in [3.05, 3.63) is 30.1 Å². The fourth-order valence-electron chi connectivity index (χ4n) is 1.62. The molecule has 1 unspecified atom stereocenters. The third-order valence-corrected chi connectivity index (χ3v) is 2.81. The lowest BCUT2D eigenvalue weighted by atomic mass is 10.1. The summed E-state index contributed by atoms with van der Waals surface area (Å²) in [6, 6.07) is 5.88. The number of halogens is 2. The van der Waals surface area contributed by atoms with E-state index in [1.807, 2.05) is 0 Å². The first kappa shape index (κ1) is 10.7. The Morgan fingerprint density at radius 1 is 1.27 bits per heavy atom. The van der Waals surface area contributed by atoms with Crippen LogP contribution in [0.15, 0.2) is 24.3 Å². The molecule has 1 atom stereocenters. The molecule has 0 amide bonds. The van der Waals surface area contributed by atoms with Crippen molar-refractivity contribution in [3.63, 3.8) is 0 Å². The molecule has 4 heteroatoms. The predicted molar refractivity (Wildman–Crippen MR) is 57.5 cm³/mol. The van der Waals surface area contributed by atoms with Gasteiger partial charge in [0, 0.05) is 6.42 Å². The molecule has 0 aliphatic carbocycles. The summed E-state index contributed by atoms with van der Waals surface area (Å²) in [7, 11) is 0. The summed E-state index contributed by atoms with van der Waals surface area (Å²) < 4.78 is 18.2. The number of ether oxygens (including phenoxy) is 1. The van der Waals surface area contributed by atoms with E-state index in [0.29, 0.717) is 5.75 Å². The zero-order chi connectivity index (χ0) is 10.7. The summed E-state index contributed by atoms with van der Waals surface area (Å²) in [6.07, 6.45) is 2.91. The molecule has 1 saturated heterocycles. The molecule has 15 heavy (non-hydrogen) atoms. The van der Waals surface area contributed by atoms with Crippen LogP contribution in [0.5, 0.6) is 5.75 Å². The monoisotopic (exact) mass is 229 g/mol. The first-order chi connectivity index (χ1) is 7.18. The molecule has 0 saturated carbocycles. The summed E-state index contributed by atoms with van der Waals surface area (Å²) >= 11 is 6.22. The standard InChI is InChI=1S/C11H13ClFNO/c12-11(7-1-2-8-14-11)15-10-5-3-9(13)4-6-10/h3-6,14H,1-2,7-8H2. The molecule has 1 aliphatic rings. The van der Waals surface area contributed by atoms with Crippen LogP contribution < -0.4 is 10.1 Å². The average molecular weight is 230 g/mol. The molecule has 1 aromatic carbocycles. The summed E-state index contributed by atoms with van der Waals surface area (Å²) in [5.74, 6) is 0.309. The van der Waals surface area contributed by atoms with Gasteiger partial charge < -0.3 is 4.74 Å². The number of benzene rings is 1. The van der Waals surface area contributed by atoms with E-state index in [0.717, 1.165) is 25.8 Å². The van der Waals surface area contributed by atoms with Crippen molar-refractivity contribution in [2.24, 2.45) is 0 Å². The maximum Gasteiger partial charge on any atom is 0.238 e. The van der Waals surface area contributed by atoms with Gasteiger partial charge in [0.25, 0.3) is 0 Å². The number of hydrogen-bond donors (Lipinski definition) is 1. The van der Waals surface area contributed by atoms with E-state index in [2.05, 4.69) is 5.32 Å². The molecule has 0 aromatic heterocycles. The molecule has 0 spiro atoms. The molecule has 2 nitrogen and oxygen atoms in total. The fraction of sp³-hybridized carbons (Fsp3) is 0.455. The molecular weight excluding hydrogens is 217 g/mol. The highest BCUT2D eigenvalue weighted by Crippen LogP contribution is 2.27. The van der Waals surface area contributed by atoms with Crippen LogP contribution in [-0.2, 0) is 0 Å². The number of piperidine rings is 1. The van der Waals surface area contributed by atoms with Crippen molar-refractivity contribution in [2.45, 2.75) is 24.4 Å². The van der Waals surface area contributed by atoms with E-state index in [4.69, 9.17) is 16.3 Å². The van der Waals surface area contributed by atoms with Gasteiger partial charge in [0.2, 0.25) is 5.18 Å². The van der Waals surface area contributed by atoms with Crippen LogP contribution >= 0.6 is 11.6 Å². The Kier molecular flexibility index (Phi) is 3.12. The van der Waals surface area contributed by atoms with Crippen LogP contribution in [0, 0.1) is 5.82 Å². The second kappa shape index (κ2) is 4.37. The second-order valence-electron chi connectivity index (χ2n) is 3.67. The lowest BCUT2D eigenvalue weighted by Crippen LogP contribution is -2.48. The first-order valence-corrected chi connectivity index (χ1v) is 5.44. The highest BCUT2D eigenvalue weighted by atomic mass is 35.5. The minimum atomic E-state index is -0.823. The van der Waals surface area contributed by atoms with Gasteiger partial charge in [-0.2, -0.15) is 0 Å². The van der Waals surface area contributed by atoms with E-state index < -0.39 is 5.18 Å². The van der Waals surface area contributed by atoms with E-state index in [1.165, 1.54) is 12.1 Å². The zero-order valence-electron chi connectivity index (χ0n) is 8.30. The lowest BCUT2D eigenvalue weighted by molar-refractivity contribution is 0.0890. The van der Waals surface area contributed by atoms with Crippen molar-refractivity contribution in [3.8, 4) is 5.75 Å². The van der Waals surface area contributed by atoms with E-state index in [9.17, 15) is 4.39 Å². The average Bonchev–Trinajstić information content (AvgIpc) is 2.22. The quantitative estimate of drug-likeness (QED) is 0.622. The van der Waals surface area contributed by atoms with Gasteiger partial charge in [-0.05, 0) is 43.7 Å². The van der Waals surface area contributed by atoms with E-state index >= 15 is 0 Å². The van der Waals surface area contributed by atoms with Gasteiger partial charge in [-0.3, -0.25) is 5.32 Å². The summed E-state index contributed by atoms with van der Waals surface area (Å²) in [6.45, 7) is 0.852. The van der Waals surface area contributed by atoms with Crippen molar-refractivity contribution in [2.75, 3.05) is 6.54 Å². The Hall–Kier alpha value is -0.800. The molecule has 0 bridgehead atoms. The highest BCUT2D eigenvalue weighted by Gasteiger charge is 2.30. The fourth-order valence-corrected chi connectivity index (χ4v) is 1.93. The molecule has 82 valence electrons. The van der Waals surface area contributed by atoms with E-state index in [-0.39, 0.29) is 5.82 Å². The lowest BCUT2D eigenvalue weighted by Gasteiger charge is -2.32. The molecule has 1 heterocycles. The Morgan fingerprint density at radius 3 is 2.60 bits per heavy atom. The van der Waals surface area contributed by atoms with Crippen LogP contribution in [0.25, 0.3) is 0 Å². The SMILES string of the molecule is Fc1ccc(OC2(Cl)CCCCN2)cc1. The van der Waals surface area contributed by atoms with Crippen LogP contribution in [0.3, 0.4) is 0 Å². The molecule has 1 N–H and O–H groups in total. The summed E-state index contributed by atoms with van der Waals surface area (Å²) in [4.78, 5) is 0. The normalized spacial score (nSPS) is 26.3. The van der Waals surface area contributed by atoms with Crippen LogP contribution in [-0.4, -0.2) is 11.7 Å². The topological polar surface area (TPSA) is 21.3 Å². The summed E-state index contributed by atoms with van der Waals surface area (Å²) in [5.41, 5.74) is 0. The minimum Gasteiger partial charge on any atom is -0.459 e. The van der Waals surface area contributed by atoms with E-state index in [1.54, 1.807) is 12.1 Å². The molecule has 2 rings (SSSR count).